The van der Waals surface area contributed by atoms with Gasteiger partial charge in [-0.2, -0.15) is 0 Å². The van der Waals surface area contributed by atoms with Gasteiger partial charge in [0, 0.05) is 5.56 Å². The molecule has 0 atom stereocenters. The average molecular weight is 389 g/mol. The number of carbonyl (C=O) groups excluding carboxylic acids is 1. The zero-order chi connectivity index (χ0) is 20.5. The molecule has 1 rings (SSSR count). The highest BCUT2D eigenvalue weighted by Gasteiger charge is 2.25. The zero-order valence-electron chi connectivity index (χ0n) is 19.1. The van der Waals surface area contributed by atoms with Crippen molar-refractivity contribution in [3.05, 3.63) is 35.9 Å². The first-order valence-electron chi connectivity index (χ1n) is 12.0. The molecule has 0 aliphatic heterocycles. The molecule has 0 aliphatic carbocycles. The van der Waals surface area contributed by atoms with E-state index in [0.717, 1.165) is 19.4 Å². The highest BCUT2D eigenvalue weighted by molar-refractivity contribution is 5.68. The van der Waals surface area contributed by atoms with E-state index in [1.807, 2.05) is 32.3 Å². The van der Waals surface area contributed by atoms with Crippen molar-refractivity contribution in [1.29, 1.82) is 0 Å². The molecule has 1 aromatic carbocycles. The Morgan fingerprint density at radius 2 is 1.11 bits per heavy atom. The number of nitrogens with zero attached hydrogens (tertiary/aromatic N) is 1. The number of unbranched alkanes of at least 4 members (excludes halogenated alkanes) is 13. The van der Waals surface area contributed by atoms with Crippen LogP contribution in [0.1, 0.15) is 109 Å². The van der Waals surface area contributed by atoms with Crippen LogP contribution >= 0.6 is 0 Å². The predicted octanol–water partition coefficient (Wildman–Crippen LogP) is 7.66. The Balaban J connectivity index is 1.94. The highest BCUT2D eigenvalue weighted by Crippen LogP contribution is 2.16. The number of amides is 1. The van der Waals surface area contributed by atoms with Crippen molar-refractivity contribution in [3.63, 3.8) is 0 Å². The van der Waals surface area contributed by atoms with Gasteiger partial charge in [0.15, 0.2) is 0 Å². The minimum absolute atomic E-state index is 0.364. The third kappa shape index (κ3) is 12.3. The second-order valence-corrected chi connectivity index (χ2v) is 9.07. The topological polar surface area (TPSA) is 17.1 Å². The first-order chi connectivity index (χ1) is 13.6. The molecule has 2 heteroatoms. The van der Waals surface area contributed by atoms with Crippen molar-refractivity contribution < 1.29 is 9.28 Å². The van der Waals surface area contributed by atoms with Crippen LogP contribution in [0.25, 0.3) is 0 Å². The number of benzene rings is 1. The molecule has 28 heavy (non-hydrogen) atoms. The number of quaternary nitrogens is 1. The van der Waals surface area contributed by atoms with E-state index in [2.05, 4.69) is 19.1 Å². The van der Waals surface area contributed by atoms with Crippen LogP contribution in [0.2, 0.25) is 0 Å². The second kappa shape index (κ2) is 15.7. The molecule has 0 saturated carbocycles. The van der Waals surface area contributed by atoms with Crippen LogP contribution in [-0.2, 0) is 11.3 Å². The summed E-state index contributed by atoms with van der Waals surface area (Å²) in [5.74, 6) is 0.364. The summed E-state index contributed by atoms with van der Waals surface area (Å²) in [6.07, 6.45) is 19.7. The molecule has 1 amide bonds. The van der Waals surface area contributed by atoms with Gasteiger partial charge in [0.1, 0.15) is 6.54 Å². The highest BCUT2D eigenvalue weighted by atomic mass is 16.2. The van der Waals surface area contributed by atoms with E-state index in [1.54, 1.807) is 0 Å². The first kappa shape index (κ1) is 24.9. The largest absolute Gasteiger partial charge is 0.313 e. The molecule has 0 bridgehead atoms. The first-order valence-corrected chi connectivity index (χ1v) is 12.0. The lowest BCUT2D eigenvalue weighted by Crippen LogP contribution is -2.44. The Hall–Kier alpha value is -1.15. The molecular formula is C26H46NO+. The molecule has 0 aromatic heterocycles. The summed E-state index contributed by atoms with van der Waals surface area (Å²) in [6, 6.07) is 10.3. The van der Waals surface area contributed by atoms with Gasteiger partial charge < -0.3 is 0 Å². The summed E-state index contributed by atoms with van der Waals surface area (Å²) >= 11 is 0. The molecule has 0 spiro atoms. The Labute approximate surface area is 175 Å². The van der Waals surface area contributed by atoms with Crippen LogP contribution in [0.3, 0.4) is 0 Å². The SMILES string of the molecule is CCCCCCCCCCCCCCCCC(=O)[N+](C)(C)Cc1ccccc1. The van der Waals surface area contributed by atoms with Crippen LogP contribution in [-0.4, -0.2) is 24.5 Å². The van der Waals surface area contributed by atoms with E-state index >= 15 is 0 Å². The maximum atomic E-state index is 12.6. The van der Waals surface area contributed by atoms with Gasteiger partial charge in [-0.3, -0.25) is 4.48 Å². The number of hydrogen-bond donors (Lipinski definition) is 0. The van der Waals surface area contributed by atoms with Gasteiger partial charge in [0.25, 0.3) is 0 Å². The van der Waals surface area contributed by atoms with E-state index < -0.39 is 0 Å². The quantitative estimate of drug-likeness (QED) is 0.198. The Morgan fingerprint density at radius 1 is 0.679 bits per heavy atom. The van der Waals surface area contributed by atoms with Gasteiger partial charge in [-0.25, -0.2) is 4.79 Å². The van der Waals surface area contributed by atoms with Crippen molar-refractivity contribution in [2.75, 3.05) is 14.1 Å². The van der Waals surface area contributed by atoms with Crippen LogP contribution < -0.4 is 0 Å². The fraction of sp³-hybridized carbons (Fsp3) is 0.731. The predicted molar refractivity (Wildman–Crippen MR) is 122 cm³/mol. The van der Waals surface area contributed by atoms with Crippen molar-refractivity contribution in [1.82, 2.24) is 0 Å². The normalized spacial score (nSPS) is 11.7. The minimum Gasteiger partial charge on any atom is -0.262 e. The maximum absolute atomic E-state index is 12.6. The monoisotopic (exact) mass is 388 g/mol. The Morgan fingerprint density at radius 3 is 1.57 bits per heavy atom. The van der Waals surface area contributed by atoms with Gasteiger partial charge in [0.05, 0.1) is 20.5 Å². The number of rotatable bonds is 17. The summed E-state index contributed by atoms with van der Waals surface area (Å²) in [4.78, 5) is 12.6. The van der Waals surface area contributed by atoms with Crippen molar-refractivity contribution >= 4 is 5.91 Å². The maximum Gasteiger partial charge on any atom is 0.313 e. The molecule has 0 radical (unpaired) electrons. The van der Waals surface area contributed by atoms with Crippen molar-refractivity contribution in [2.45, 2.75) is 110 Å². The van der Waals surface area contributed by atoms with Crippen LogP contribution in [0.5, 0.6) is 0 Å². The van der Waals surface area contributed by atoms with Crippen LogP contribution in [0.4, 0.5) is 0 Å². The standard InChI is InChI=1S/C26H46NO/c1-4-5-6-7-8-9-10-11-12-13-14-15-16-20-23-26(28)27(2,3)24-25-21-18-17-19-22-25/h17-19,21-22H,4-16,20,23-24H2,1-3H3/q+1. The lowest BCUT2D eigenvalue weighted by molar-refractivity contribution is -0.828. The molecule has 2 nitrogen and oxygen atoms in total. The summed E-state index contributed by atoms with van der Waals surface area (Å²) in [6.45, 7) is 3.07. The molecule has 0 N–H and O–H groups in total. The number of hydrogen-bond acceptors (Lipinski definition) is 1. The molecular weight excluding hydrogens is 342 g/mol. The van der Waals surface area contributed by atoms with Gasteiger partial charge in [-0.05, 0) is 6.42 Å². The molecule has 1 aromatic rings. The van der Waals surface area contributed by atoms with Gasteiger partial charge in [-0.15, -0.1) is 0 Å². The smallest absolute Gasteiger partial charge is 0.262 e. The van der Waals surface area contributed by atoms with E-state index in [0.29, 0.717) is 10.4 Å². The van der Waals surface area contributed by atoms with E-state index in [9.17, 15) is 4.79 Å². The molecule has 160 valence electrons. The van der Waals surface area contributed by atoms with Crippen LogP contribution in [0.15, 0.2) is 30.3 Å². The van der Waals surface area contributed by atoms with E-state index in [1.165, 1.54) is 89.0 Å². The summed E-state index contributed by atoms with van der Waals surface area (Å²) in [5.41, 5.74) is 1.24. The molecule has 0 saturated heterocycles. The summed E-state index contributed by atoms with van der Waals surface area (Å²) < 4.78 is 0.461. The summed E-state index contributed by atoms with van der Waals surface area (Å²) in [5, 5.41) is 0. The van der Waals surface area contributed by atoms with Gasteiger partial charge in [0.2, 0.25) is 0 Å². The lowest BCUT2D eigenvalue weighted by atomic mass is 10.0. The minimum atomic E-state index is 0.364. The molecule has 0 unspecified atom stereocenters. The van der Waals surface area contributed by atoms with E-state index in [-0.39, 0.29) is 0 Å². The van der Waals surface area contributed by atoms with E-state index in [4.69, 9.17) is 0 Å². The van der Waals surface area contributed by atoms with Gasteiger partial charge in [-0.1, -0.05) is 121 Å². The lowest BCUT2D eigenvalue weighted by Gasteiger charge is -2.27. The third-order valence-electron chi connectivity index (χ3n) is 5.84. The summed E-state index contributed by atoms with van der Waals surface area (Å²) in [7, 11) is 4.08. The average Bonchev–Trinajstić information content (AvgIpc) is 2.68. The van der Waals surface area contributed by atoms with Crippen LogP contribution in [0, 0.1) is 0 Å². The molecule has 0 fully saturated rings. The fourth-order valence-electron chi connectivity index (χ4n) is 3.90. The Kier molecular flexibility index (Phi) is 14.0. The fourth-order valence-corrected chi connectivity index (χ4v) is 3.90. The third-order valence-corrected chi connectivity index (χ3v) is 5.84. The van der Waals surface area contributed by atoms with Crippen molar-refractivity contribution in [3.8, 4) is 0 Å². The molecule has 0 heterocycles. The Bertz CT molecular complexity index is 494. The second-order valence-electron chi connectivity index (χ2n) is 9.07. The van der Waals surface area contributed by atoms with Crippen molar-refractivity contribution in [2.24, 2.45) is 0 Å². The van der Waals surface area contributed by atoms with Gasteiger partial charge >= 0.3 is 5.91 Å². The molecule has 0 aliphatic rings. The number of carbonyl (C=O) groups is 1. The zero-order valence-corrected chi connectivity index (χ0v) is 19.1.